The molecule has 0 bridgehead atoms. The molecule has 1 saturated heterocycles. The second-order valence-electron chi connectivity index (χ2n) is 8.44. The van der Waals surface area contributed by atoms with E-state index < -0.39 is 22.0 Å². The van der Waals surface area contributed by atoms with Gasteiger partial charge in [-0.25, -0.2) is 13.9 Å². The molecule has 2 aliphatic heterocycles. The van der Waals surface area contributed by atoms with Crippen LogP contribution in [0, 0.1) is 0 Å². The Hall–Kier alpha value is -3.39. The Balaban J connectivity index is 1.66. The van der Waals surface area contributed by atoms with Crippen LogP contribution in [0.25, 0.3) is 0 Å². The summed E-state index contributed by atoms with van der Waals surface area (Å²) >= 11 is 0. The molecule has 13 heteroatoms. The predicted octanol–water partition coefficient (Wildman–Crippen LogP) is 1.13. The average molecular weight is 536 g/mol. The monoisotopic (exact) mass is 535 g/mol. The first kappa shape index (κ1) is 26.7. The normalized spacial score (nSPS) is 15.9. The van der Waals surface area contributed by atoms with Crippen molar-refractivity contribution in [2.45, 2.75) is 30.3 Å². The minimum absolute atomic E-state index is 0.0475. The Labute approximate surface area is 214 Å². The summed E-state index contributed by atoms with van der Waals surface area (Å²) in [5.41, 5.74) is 2.09. The number of benzene rings is 2. The third-order valence-corrected chi connectivity index (χ3v) is 8.07. The molecular formula is C24H29N3O9S. The number of hydroxylamine groups is 1. The second-order valence-corrected chi connectivity index (χ2v) is 10.3. The number of hydrogen-bond acceptors (Lipinski definition) is 9. The Morgan fingerprint density at radius 2 is 1.81 bits per heavy atom. The number of fused-ring (bicyclic) bond motifs is 1. The van der Waals surface area contributed by atoms with E-state index in [1.807, 2.05) is 0 Å². The lowest BCUT2D eigenvalue weighted by Crippen LogP contribution is -2.49. The quantitative estimate of drug-likeness (QED) is 0.338. The summed E-state index contributed by atoms with van der Waals surface area (Å²) in [5.74, 6) is 0.248. The van der Waals surface area contributed by atoms with Crippen LogP contribution in [0.5, 0.6) is 17.2 Å². The summed E-state index contributed by atoms with van der Waals surface area (Å²) in [6.07, 6.45) is -0.254. The van der Waals surface area contributed by atoms with Gasteiger partial charge in [0.15, 0.2) is 11.5 Å². The highest BCUT2D eigenvalue weighted by Gasteiger charge is 2.37. The van der Waals surface area contributed by atoms with Gasteiger partial charge in [-0.3, -0.25) is 14.8 Å². The highest BCUT2D eigenvalue weighted by Crippen LogP contribution is 2.34. The number of amides is 2. The molecule has 0 aliphatic carbocycles. The summed E-state index contributed by atoms with van der Waals surface area (Å²) in [6, 6.07) is 9.29. The van der Waals surface area contributed by atoms with Crippen molar-refractivity contribution in [2.24, 2.45) is 0 Å². The molecule has 0 spiro atoms. The second kappa shape index (κ2) is 11.8. The molecule has 0 unspecified atom stereocenters. The first-order valence-electron chi connectivity index (χ1n) is 11.7. The first-order chi connectivity index (χ1) is 17.8. The van der Waals surface area contributed by atoms with E-state index in [4.69, 9.17) is 18.9 Å². The number of hydrogen-bond donors (Lipinski definition) is 2. The van der Waals surface area contributed by atoms with Crippen molar-refractivity contribution in [3.63, 3.8) is 0 Å². The number of morpholine rings is 1. The smallest absolute Gasteiger partial charge is 0.261 e. The number of nitrogens with one attached hydrogen (secondary N) is 1. The molecule has 2 aromatic rings. The summed E-state index contributed by atoms with van der Waals surface area (Å²) in [5, 5.41) is 9.48. The lowest BCUT2D eigenvalue weighted by atomic mass is 10.1. The van der Waals surface area contributed by atoms with Crippen molar-refractivity contribution < 1.29 is 42.2 Å². The van der Waals surface area contributed by atoms with Crippen LogP contribution >= 0.6 is 0 Å². The molecule has 2 aromatic carbocycles. The van der Waals surface area contributed by atoms with Crippen LogP contribution in [-0.4, -0.2) is 80.9 Å². The maximum atomic E-state index is 13.8. The molecule has 0 saturated carbocycles. The number of methoxy groups -OCH3 is 1. The summed E-state index contributed by atoms with van der Waals surface area (Å²) < 4.78 is 49.8. The molecule has 200 valence electrons. The first-order valence-corrected chi connectivity index (χ1v) is 13.1. The van der Waals surface area contributed by atoms with E-state index in [0.29, 0.717) is 49.1 Å². The third kappa shape index (κ3) is 6.13. The summed E-state index contributed by atoms with van der Waals surface area (Å²) in [4.78, 5) is 27.1. The summed E-state index contributed by atoms with van der Waals surface area (Å²) in [6.45, 7) is 1.48. The van der Waals surface area contributed by atoms with E-state index in [2.05, 4.69) is 0 Å². The maximum Gasteiger partial charge on any atom is 0.261 e. The predicted molar refractivity (Wildman–Crippen MR) is 129 cm³/mol. The molecule has 37 heavy (non-hydrogen) atoms. The number of carbonyl (C=O) groups is 2. The number of ether oxygens (including phenoxy) is 4. The molecule has 0 radical (unpaired) electrons. The fourth-order valence-electron chi connectivity index (χ4n) is 4.18. The maximum absolute atomic E-state index is 13.8. The molecule has 12 nitrogen and oxygen atoms in total. The topological polar surface area (TPSA) is 144 Å². The van der Waals surface area contributed by atoms with Gasteiger partial charge in [-0.1, -0.05) is 6.07 Å². The van der Waals surface area contributed by atoms with Gasteiger partial charge in [0, 0.05) is 26.1 Å². The third-order valence-electron chi connectivity index (χ3n) is 6.20. The van der Waals surface area contributed by atoms with Crippen LogP contribution in [-0.2, 0) is 30.9 Å². The van der Waals surface area contributed by atoms with Crippen LogP contribution in [0.2, 0.25) is 0 Å². The zero-order chi connectivity index (χ0) is 26.4. The highest BCUT2D eigenvalue weighted by atomic mass is 32.2. The van der Waals surface area contributed by atoms with Gasteiger partial charge in [-0.05, 0) is 48.4 Å². The van der Waals surface area contributed by atoms with Crippen molar-refractivity contribution in [3.8, 4) is 17.2 Å². The van der Waals surface area contributed by atoms with E-state index in [9.17, 15) is 23.2 Å². The van der Waals surface area contributed by atoms with Gasteiger partial charge in [0.1, 0.15) is 11.8 Å². The summed E-state index contributed by atoms with van der Waals surface area (Å²) in [7, 11) is -2.82. The molecule has 2 aliphatic rings. The lowest BCUT2D eigenvalue weighted by Gasteiger charge is -2.31. The molecule has 2 heterocycles. The van der Waals surface area contributed by atoms with E-state index in [1.54, 1.807) is 28.6 Å². The van der Waals surface area contributed by atoms with Gasteiger partial charge in [0.25, 0.3) is 5.91 Å². The highest BCUT2D eigenvalue weighted by molar-refractivity contribution is 7.89. The average Bonchev–Trinajstić information content (AvgIpc) is 3.40. The molecule has 2 N–H and O–H groups in total. The van der Waals surface area contributed by atoms with E-state index in [-0.39, 0.29) is 37.0 Å². The Bertz CT molecular complexity index is 1210. The van der Waals surface area contributed by atoms with Gasteiger partial charge in [0.05, 0.1) is 25.2 Å². The Morgan fingerprint density at radius 3 is 2.49 bits per heavy atom. The van der Waals surface area contributed by atoms with Crippen LogP contribution in [0.4, 0.5) is 0 Å². The SMILES string of the molecule is COc1ccc(S(=O)(=O)N(Cc2ccc3c(c2)OCO3)[C@H](CCC(=O)N2CCOCC2)C(=O)NO)cc1. The molecule has 4 rings (SSSR count). The van der Waals surface area contributed by atoms with Crippen LogP contribution in [0.15, 0.2) is 47.4 Å². The van der Waals surface area contributed by atoms with E-state index in [0.717, 1.165) is 4.31 Å². The lowest BCUT2D eigenvalue weighted by molar-refractivity contribution is -0.137. The number of sulfonamides is 1. The standard InChI is InChI=1S/C24H29N3O9S/c1-33-18-3-5-19(6-4-18)37(31,32)27(15-17-2-8-21-22(14-17)36-16-35-21)20(24(29)25-30)7-9-23(28)26-10-12-34-13-11-26/h2-6,8,14,20,30H,7,9-13,15-16H2,1H3,(H,25,29)/t20-/m1/s1. The van der Waals surface area contributed by atoms with Crippen LogP contribution in [0.1, 0.15) is 18.4 Å². The van der Waals surface area contributed by atoms with Gasteiger partial charge in [-0.15, -0.1) is 0 Å². The molecule has 0 aromatic heterocycles. The van der Waals surface area contributed by atoms with E-state index in [1.165, 1.54) is 31.4 Å². The zero-order valence-electron chi connectivity index (χ0n) is 20.3. The molecule has 1 atom stereocenters. The molecule has 2 amide bonds. The van der Waals surface area contributed by atoms with Gasteiger partial charge >= 0.3 is 0 Å². The van der Waals surface area contributed by atoms with Crippen molar-refractivity contribution >= 4 is 21.8 Å². The Kier molecular flexibility index (Phi) is 8.48. The zero-order valence-corrected chi connectivity index (χ0v) is 21.1. The Morgan fingerprint density at radius 1 is 1.11 bits per heavy atom. The number of carbonyl (C=O) groups excluding carboxylic acids is 2. The molecule has 1 fully saturated rings. The largest absolute Gasteiger partial charge is 0.497 e. The fourth-order valence-corrected chi connectivity index (χ4v) is 5.78. The van der Waals surface area contributed by atoms with Gasteiger partial charge in [-0.2, -0.15) is 4.31 Å². The van der Waals surface area contributed by atoms with Crippen molar-refractivity contribution in [3.05, 3.63) is 48.0 Å². The molecular weight excluding hydrogens is 506 g/mol. The van der Waals surface area contributed by atoms with Crippen molar-refractivity contribution in [1.29, 1.82) is 0 Å². The van der Waals surface area contributed by atoms with E-state index >= 15 is 0 Å². The minimum atomic E-state index is -4.28. The van der Waals surface area contributed by atoms with Gasteiger partial charge < -0.3 is 23.8 Å². The number of nitrogens with zero attached hydrogens (tertiary/aromatic N) is 2. The van der Waals surface area contributed by atoms with Crippen LogP contribution in [0.3, 0.4) is 0 Å². The van der Waals surface area contributed by atoms with Crippen molar-refractivity contribution in [2.75, 3.05) is 40.2 Å². The van der Waals surface area contributed by atoms with Crippen LogP contribution < -0.4 is 19.7 Å². The minimum Gasteiger partial charge on any atom is -0.497 e. The van der Waals surface area contributed by atoms with Crippen molar-refractivity contribution in [1.82, 2.24) is 14.7 Å². The number of rotatable bonds is 10. The van der Waals surface area contributed by atoms with Gasteiger partial charge in [0.2, 0.25) is 22.7 Å². The fraction of sp³-hybridized carbons (Fsp3) is 0.417.